The summed E-state index contributed by atoms with van der Waals surface area (Å²) in [6, 6.07) is 49.5. The molecule has 0 N–H and O–H groups in total. The second-order valence-corrected chi connectivity index (χ2v) is 11.7. The van der Waals surface area contributed by atoms with Crippen molar-refractivity contribution in [1.82, 2.24) is 14.5 Å². The normalized spacial score (nSPS) is 11.8. The summed E-state index contributed by atoms with van der Waals surface area (Å²) >= 11 is 1.77. The molecule has 0 fully saturated rings. The first kappa shape index (κ1) is 23.4. The maximum atomic E-state index is 5.39. The van der Waals surface area contributed by atoms with E-state index in [1.165, 1.54) is 31.8 Å². The lowest BCUT2D eigenvalue weighted by molar-refractivity contribution is 1.08. The number of fused-ring (bicyclic) bond motifs is 7. The SMILES string of the molecule is c1ccc(-c2cccc(-c3nc(-n4c5ccccc5c5cc6ccccc6cc54)c4sc5ccccc5c4n3)c2)cc1. The zero-order chi connectivity index (χ0) is 27.6. The van der Waals surface area contributed by atoms with Gasteiger partial charge in [0.05, 0.1) is 21.3 Å². The number of para-hydroxylation sites is 1. The maximum Gasteiger partial charge on any atom is 0.162 e. The summed E-state index contributed by atoms with van der Waals surface area (Å²) in [5, 5.41) is 6.06. The van der Waals surface area contributed by atoms with Crippen LogP contribution in [0, 0.1) is 0 Å². The van der Waals surface area contributed by atoms with Crippen LogP contribution < -0.4 is 0 Å². The fourth-order valence-corrected chi connectivity index (χ4v) is 7.33. The molecule has 3 heterocycles. The van der Waals surface area contributed by atoms with E-state index in [0.29, 0.717) is 0 Å². The quantitative estimate of drug-likeness (QED) is 0.218. The fraction of sp³-hybridized carbons (Fsp3) is 0. The molecule has 0 spiro atoms. The van der Waals surface area contributed by atoms with Crippen LogP contribution in [0.4, 0.5) is 0 Å². The molecule has 6 aromatic carbocycles. The van der Waals surface area contributed by atoms with E-state index < -0.39 is 0 Å². The summed E-state index contributed by atoms with van der Waals surface area (Å²) < 4.78 is 4.65. The van der Waals surface area contributed by atoms with Gasteiger partial charge in [0.2, 0.25) is 0 Å². The van der Waals surface area contributed by atoms with E-state index in [-0.39, 0.29) is 0 Å². The van der Waals surface area contributed by atoms with Gasteiger partial charge in [-0.05, 0) is 52.2 Å². The number of hydrogen-bond acceptors (Lipinski definition) is 3. The van der Waals surface area contributed by atoms with Gasteiger partial charge in [0.25, 0.3) is 0 Å². The van der Waals surface area contributed by atoms with Crippen LogP contribution in [0.2, 0.25) is 0 Å². The molecule has 0 aliphatic heterocycles. The highest BCUT2D eigenvalue weighted by Gasteiger charge is 2.21. The van der Waals surface area contributed by atoms with Gasteiger partial charge in [-0.1, -0.05) is 109 Å². The molecule has 3 aromatic heterocycles. The lowest BCUT2D eigenvalue weighted by atomic mass is 10.0. The number of hydrogen-bond donors (Lipinski definition) is 0. The van der Waals surface area contributed by atoms with Crippen LogP contribution in [0.5, 0.6) is 0 Å². The number of rotatable bonds is 3. The van der Waals surface area contributed by atoms with Crippen LogP contribution in [0.1, 0.15) is 0 Å². The monoisotopic (exact) mass is 553 g/mol. The average molecular weight is 554 g/mol. The third-order valence-electron chi connectivity index (χ3n) is 8.18. The summed E-state index contributed by atoms with van der Waals surface area (Å²) in [4.78, 5) is 10.6. The number of benzene rings is 6. The molecule has 9 aromatic rings. The van der Waals surface area contributed by atoms with E-state index in [1.807, 2.05) is 6.07 Å². The van der Waals surface area contributed by atoms with Crippen molar-refractivity contribution in [3.8, 4) is 28.3 Å². The molecule has 0 amide bonds. The van der Waals surface area contributed by atoms with Crippen molar-refractivity contribution < 1.29 is 0 Å². The van der Waals surface area contributed by atoms with Crippen molar-refractivity contribution in [2.24, 2.45) is 0 Å². The Bertz CT molecular complexity index is 2470. The largest absolute Gasteiger partial charge is 0.292 e. The van der Waals surface area contributed by atoms with Crippen molar-refractivity contribution in [1.29, 1.82) is 0 Å². The van der Waals surface area contributed by atoms with Gasteiger partial charge >= 0.3 is 0 Å². The Morgan fingerprint density at radius 1 is 0.476 bits per heavy atom. The van der Waals surface area contributed by atoms with Gasteiger partial charge in [-0.15, -0.1) is 11.3 Å². The molecule has 0 unspecified atom stereocenters. The molecular formula is C38H23N3S. The van der Waals surface area contributed by atoms with Crippen molar-refractivity contribution in [2.75, 3.05) is 0 Å². The van der Waals surface area contributed by atoms with Crippen LogP contribution in [0.3, 0.4) is 0 Å². The van der Waals surface area contributed by atoms with E-state index >= 15 is 0 Å². The third kappa shape index (κ3) is 3.52. The molecule has 4 heteroatoms. The Morgan fingerprint density at radius 3 is 2.05 bits per heavy atom. The van der Waals surface area contributed by atoms with E-state index in [9.17, 15) is 0 Å². The minimum atomic E-state index is 0.727. The third-order valence-corrected chi connectivity index (χ3v) is 9.34. The van der Waals surface area contributed by atoms with Gasteiger partial charge in [0.15, 0.2) is 11.6 Å². The van der Waals surface area contributed by atoms with Crippen molar-refractivity contribution in [3.63, 3.8) is 0 Å². The molecule has 0 aliphatic rings. The Labute approximate surface area is 246 Å². The second kappa shape index (κ2) is 9.10. The first-order valence-electron chi connectivity index (χ1n) is 14.1. The lowest BCUT2D eigenvalue weighted by Gasteiger charge is -2.12. The zero-order valence-corrected chi connectivity index (χ0v) is 23.3. The van der Waals surface area contributed by atoms with Crippen LogP contribution in [0.25, 0.3) is 81.2 Å². The van der Waals surface area contributed by atoms with E-state index in [4.69, 9.17) is 9.97 Å². The van der Waals surface area contributed by atoms with Gasteiger partial charge in [0, 0.05) is 26.4 Å². The molecule has 0 saturated heterocycles. The standard InChI is InChI=1S/C38H23N3S/c1-2-11-24(12-3-1)25-15-10-16-28(21-25)37-39-35-30-18-7-9-20-34(30)42-36(35)38(40-37)41-32-19-8-6-17-29(32)31-22-26-13-4-5-14-27(26)23-33(31)41/h1-23H. The topological polar surface area (TPSA) is 30.7 Å². The van der Waals surface area contributed by atoms with E-state index in [0.717, 1.165) is 49.4 Å². The van der Waals surface area contributed by atoms with Crippen LogP contribution in [-0.4, -0.2) is 14.5 Å². The molecular weight excluding hydrogens is 531 g/mol. The lowest BCUT2D eigenvalue weighted by Crippen LogP contribution is -2.01. The van der Waals surface area contributed by atoms with Crippen LogP contribution in [-0.2, 0) is 0 Å². The Morgan fingerprint density at radius 2 is 1.17 bits per heavy atom. The van der Waals surface area contributed by atoms with Crippen molar-refractivity contribution in [3.05, 3.63) is 140 Å². The highest BCUT2D eigenvalue weighted by molar-refractivity contribution is 7.26. The zero-order valence-electron chi connectivity index (χ0n) is 22.5. The Hall–Kier alpha value is -5.32. The van der Waals surface area contributed by atoms with Gasteiger partial charge in [-0.3, -0.25) is 4.57 Å². The minimum Gasteiger partial charge on any atom is -0.292 e. The molecule has 0 radical (unpaired) electrons. The Balaban J connectivity index is 1.40. The van der Waals surface area contributed by atoms with Crippen molar-refractivity contribution in [2.45, 2.75) is 0 Å². The molecule has 0 bridgehead atoms. The van der Waals surface area contributed by atoms with Crippen LogP contribution >= 0.6 is 11.3 Å². The molecule has 9 rings (SSSR count). The maximum absolute atomic E-state index is 5.39. The molecule has 42 heavy (non-hydrogen) atoms. The van der Waals surface area contributed by atoms with Gasteiger partial charge < -0.3 is 0 Å². The number of nitrogens with zero attached hydrogens (tertiary/aromatic N) is 3. The van der Waals surface area contributed by atoms with Crippen molar-refractivity contribution >= 4 is 64.2 Å². The molecule has 0 aliphatic carbocycles. The highest BCUT2D eigenvalue weighted by Crippen LogP contribution is 2.41. The second-order valence-electron chi connectivity index (χ2n) is 10.7. The summed E-state index contributed by atoms with van der Waals surface area (Å²) in [6.07, 6.45) is 0. The summed E-state index contributed by atoms with van der Waals surface area (Å²) in [7, 11) is 0. The Kier molecular flexibility index (Phi) is 5.07. The number of thiophene rings is 1. The highest BCUT2D eigenvalue weighted by atomic mass is 32.1. The molecule has 196 valence electrons. The predicted octanol–water partition coefficient (Wildman–Crippen LogP) is 10.4. The molecule has 0 atom stereocenters. The summed E-state index contributed by atoms with van der Waals surface area (Å²) in [6.45, 7) is 0. The first-order valence-corrected chi connectivity index (χ1v) is 14.9. The summed E-state index contributed by atoms with van der Waals surface area (Å²) in [5.74, 6) is 1.65. The average Bonchev–Trinajstić information content (AvgIpc) is 3.59. The van der Waals surface area contributed by atoms with E-state index in [1.54, 1.807) is 11.3 Å². The first-order chi connectivity index (χ1) is 20.8. The van der Waals surface area contributed by atoms with Crippen LogP contribution in [0.15, 0.2) is 140 Å². The molecule has 3 nitrogen and oxygen atoms in total. The number of aromatic nitrogens is 3. The smallest absolute Gasteiger partial charge is 0.162 e. The van der Waals surface area contributed by atoms with Gasteiger partial charge in [-0.2, -0.15) is 0 Å². The molecule has 0 saturated carbocycles. The minimum absolute atomic E-state index is 0.727. The fourth-order valence-electron chi connectivity index (χ4n) is 6.21. The van der Waals surface area contributed by atoms with E-state index in [2.05, 4.69) is 138 Å². The van der Waals surface area contributed by atoms with Gasteiger partial charge in [0.1, 0.15) is 0 Å². The predicted molar refractivity (Wildman–Crippen MR) is 178 cm³/mol. The summed E-state index contributed by atoms with van der Waals surface area (Å²) in [5.41, 5.74) is 6.61. The van der Waals surface area contributed by atoms with Gasteiger partial charge in [-0.25, -0.2) is 9.97 Å².